The van der Waals surface area contributed by atoms with Crippen LogP contribution in [0.25, 0.3) is 0 Å². The molecule has 4 nitrogen and oxygen atoms in total. The summed E-state index contributed by atoms with van der Waals surface area (Å²) in [5.74, 6) is 0.891. The van der Waals surface area contributed by atoms with Crippen molar-refractivity contribution in [2.75, 3.05) is 13.7 Å². The maximum Gasteiger partial charge on any atom is 0.118 e. The van der Waals surface area contributed by atoms with Gasteiger partial charge in [-0.3, -0.25) is 4.68 Å². The van der Waals surface area contributed by atoms with Gasteiger partial charge in [0.1, 0.15) is 5.75 Å². The highest BCUT2D eigenvalue weighted by Gasteiger charge is 2.04. The average molecular weight is 245 g/mol. The Kier molecular flexibility index (Phi) is 4.36. The first kappa shape index (κ1) is 12.6. The lowest BCUT2D eigenvalue weighted by Gasteiger charge is -2.14. The molecular weight excluding hydrogens is 226 g/mol. The molecule has 1 aromatic heterocycles. The summed E-state index contributed by atoms with van der Waals surface area (Å²) in [4.78, 5) is 0. The molecule has 2 rings (SSSR count). The monoisotopic (exact) mass is 245 g/mol. The highest BCUT2D eigenvalue weighted by Crippen LogP contribution is 2.16. The predicted molar refractivity (Wildman–Crippen MR) is 71.6 cm³/mol. The third kappa shape index (κ3) is 3.34. The zero-order valence-electron chi connectivity index (χ0n) is 10.8. The van der Waals surface area contributed by atoms with Gasteiger partial charge in [0, 0.05) is 25.0 Å². The Balaban J connectivity index is 1.81. The number of nitrogens with zero attached hydrogens (tertiary/aromatic N) is 2. The van der Waals surface area contributed by atoms with Gasteiger partial charge in [-0.1, -0.05) is 12.1 Å². The van der Waals surface area contributed by atoms with Gasteiger partial charge < -0.3 is 10.1 Å². The fourth-order valence-corrected chi connectivity index (χ4v) is 1.84. The summed E-state index contributed by atoms with van der Waals surface area (Å²) in [7, 11) is 1.68. The molecule has 1 aromatic carbocycles. The lowest BCUT2D eigenvalue weighted by Crippen LogP contribution is -2.23. The summed E-state index contributed by atoms with van der Waals surface area (Å²) >= 11 is 0. The Bertz CT molecular complexity index is 450. The normalized spacial score (nSPS) is 12.3. The first-order valence-electron chi connectivity index (χ1n) is 6.14. The van der Waals surface area contributed by atoms with E-state index in [0.29, 0.717) is 6.04 Å². The summed E-state index contributed by atoms with van der Waals surface area (Å²) in [6.45, 7) is 3.94. The zero-order chi connectivity index (χ0) is 12.8. The van der Waals surface area contributed by atoms with Crippen LogP contribution >= 0.6 is 0 Å². The van der Waals surface area contributed by atoms with E-state index in [0.717, 1.165) is 18.8 Å². The van der Waals surface area contributed by atoms with E-state index < -0.39 is 0 Å². The van der Waals surface area contributed by atoms with Gasteiger partial charge in [0.05, 0.1) is 13.7 Å². The van der Waals surface area contributed by atoms with Gasteiger partial charge in [0.15, 0.2) is 0 Å². The molecule has 1 N–H and O–H groups in total. The highest BCUT2D eigenvalue weighted by molar-refractivity contribution is 5.28. The molecule has 1 heterocycles. The maximum atomic E-state index is 5.15. The van der Waals surface area contributed by atoms with Crippen LogP contribution in [0.15, 0.2) is 42.7 Å². The van der Waals surface area contributed by atoms with Crippen molar-refractivity contribution in [1.29, 1.82) is 0 Å². The average Bonchev–Trinajstić information content (AvgIpc) is 2.92. The van der Waals surface area contributed by atoms with Crippen molar-refractivity contribution < 1.29 is 4.74 Å². The van der Waals surface area contributed by atoms with Crippen molar-refractivity contribution in [2.24, 2.45) is 0 Å². The third-order valence-electron chi connectivity index (χ3n) is 2.97. The summed E-state index contributed by atoms with van der Waals surface area (Å²) in [6.07, 6.45) is 3.77. The SMILES string of the molecule is COc1ccc(C(C)NCCn2cccn2)cc1. The number of nitrogens with one attached hydrogen (secondary N) is 1. The molecular formula is C14H19N3O. The van der Waals surface area contributed by atoms with Crippen LogP contribution in [-0.2, 0) is 6.54 Å². The highest BCUT2D eigenvalue weighted by atomic mass is 16.5. The standard InChI is InChI=1S/C14H19N3O/c1-12(13-4-6-14(18-2)7-5-13)15-9-11-17-10-3-8-16-17/h3-8,10,12,15H,9,11H2,1-2H3. The number of benzene rings is 1. The zero-order valence-corrected chi connectivity index (χ0v) is 10.8. The van der Waals surface area contributed by atoms with E-state index in [4.69, 9.17) is 4.74 Å². The first-order chi connectivity index (χ1) is 8.79. The molecule has 18 heavy (non-hydrogen) atoms. The lowest BCUT2D eigenvalue weighted by molar-refractivity contribution is 0.414. The fourth-order valence-electron chi connectivity index (χ4n) is 1.84. The van der Waals surface area contributed by atoms with Crippen LogP contribution in [0.5, 0.6) is 5.75 Å². The van der Waals surface area contributed by atoms with Crippen LogP contribution in [0.1, 0.15) is 18.5 Å². The lowest BCUT2D eigenvalue weighted by atomic mass is 10.1. The molecule has 0 saturated heterocycles. The van der Waals surface area contributed by atoms with Gasteiger partial charge in [0.2, 0.25) is 0 Å². The van der Waals surface area contributed by atoms with Crippen LogP contribution in [0, 0.1) is 0 Å². The second-order valence-corrected chi connectivity index (χ2v) is 4.22. The minimum atomic E-state index is 0.325. The van der Waals surface area contributed by atoms with Crippen molar-refractivity contribution in [3.8, 4) is 5.75 Å². The molecule has 0 spiro atoms. The quantitative estimate of drug-likeness (QED) is 0.848. The van der Waals surface area contributed by atoms with Gasteiger partial charge in [-0.15, -0.1) is 0 Å². The van der Waals surface area contributed by atoms with E-state index in [2.05, 4.69) is 29.5 Å². The number of aromatic nitrogens is 2. The Morgan fingerprint density at radius 2 is 2.11 bits per heavy atom. The smallest absolute Gasteiger partial charge is 0.118 e. The van der Waals surface area contributed by atoms with Crippen LogP contribution in [0.3, 0.4) is 0 Å². The van der Waals surface area contributed by atoms with Gasteiger partial charge in [0.25, 0.3) is 0 Å². The van der Waals surface area contributed by atoms with E-state index >= 15 is 0 Å². The van der Waals surface area contributed by atoms with E-state index in [9.17, 15) is 0 Å². The van der Waals surface area contributed by atoms with E-state index in [1.807, 2.05) is 29.1 Å². The Labute approximate surface area is 108 Å². The van der Waals surface area contributed by atoms with Crippen molar-refractivity contribution in [2.45, 2.75) is 19.5 Å². The van der Waals surface area contributed by atoms with Crippen molar-refractivity contribution in [3.63, 3.8) is 0 Å². The fraction of sp³-hybridized carbons (Fsp3) is 0.357. The van der Waals surface area contributed by atoms with Crippen molar-refractivity contribution >= 4 is 0 Å². The molecule has 1 atom stereocenters. The molecule has 0 aliphatic carbocycles. The number of hydrogen-bond donors (Lipinski definition) is 1. The Morgan fingerprint density at radius 3 is 2.72 bits per heavy atom. The molecule has 0 bridgehead atoms. The van der Waals surface area contributed by atoms with Gasteiger partial charge in [-0.25, -0.2) is 0 Å². The summed E-state index contributed by atoms with van der Waals surface area (Å²) in [5.41, 5.74) is 1.26. The third-order valence-corrected chi connectivity index (χ3v) is 2.97. The largest absolute Gasteiger partial charge is 0.497 e. The maximum absolute atomic E-state index is 5.15. The van der Waals surface area contributed by atoms with Crippen molar-refractivity contribution in [1.82, 2.24) is 15.1 Å². The van der Waals surface area contributed by atoms with Gasteiger partial charge in [-0.2, -0.15) is 5.10 Å². The summed E-state index contributed by atoms with van der Waals surface area (Å²) in [6, 6.07) is 10.4. The molecule has 0 aliphatic rings. The molecule has 96 valence electrons. The van der Waals surface area contributed by atoms with Crippen LogP contribution < -0.4 is 10.1 Å². The van der Waals surface area contributed by atoms with E-state index in [1.165, 1.54) is 5.56 Å². The minimum Gasteiger partial charge on any atom is -0.497 e. The topological polar surface area (TPSA) is 39.1 Å². The number of methoxy groups -OCH3 is 1. The first-order valence-corrected chi connectivity index (χ1v) is 6.14. The molecule has 0 saturated carbocycles. The van der Waals surface area contributed by atoms with Gasteiger partial charge in [-0.05, 0) is 30.7 Å². The Hall–Kier alpha value is -1.81. The summed E-state index contributed by atoms with van der Waals surface area (Å²) < 4.78 is 7.07. The van der Waals surface area contributed by atoms with Crippen LogP contribution in [0.4, 0.5) is 0 Å². The molecule has 1 unspecified atom stereocenters. The van der Waals surface area contributed by atoms with Crippen LogP contribution in [0.2, 0.25) is 0 Å². The van der Waals surface area contributed by atoms with Crippen molar-refractivity contribution in [3.05, 3.63) is 48.3 Å². The molecule has 0 aliphatic heterocycles. The second kappa shape index (κ2) is 6.21. The number of rotatable bonds is 6. The van der Waals surface area contributed by atoms with Gasteiger partial charge >= 0.3 is 0 Å². The van der Waals surface area contributed by atoms with Crippen LogP contribution in [-0.4, -0.2) is 23.4 Å². The molecule has 4 heteroatoms. The molecule has 2 aromatic rings. The predicted octanol–water partition coefficient (Wildman–Crippen LogP) is 2.24. The molecule has 0 radical (unpaired) electrons. The minimum absolute atomic E-state index is 0.325. The Morgan fingerprint density at radius 1 is 1.33 bits per heavy atom. The van der Waals surface area contributed by atoms with E-state index in [-0.39, 0.29) is 0 Å². The number of hydrogen-bond acceptors (Lipinski definition) is 3. The van der Waals surface area contributed by atoms with E-state index in [1.54, 1.807) is 13.3 Å². The number of ether oxygens (including phenoxy) is 1. The molecule has 0 fully saturated rings. The summed E-state index contributed by atoms with van der Waals surface area (Å²) in [5, 5.41) is 7.64. The molecule has 0 amide bonds. The second-order valence-electron chi connectivity index (χ2n) is 4.22.